The van der Waals surface area contributed by atoms with E-state index in [0.29, 0.717) is 165 Å². The van der Waals surface area contributed by atoms with Gasteiger partial charge in [0.1, 0.15) is 0 Å². The van der Waals surface area contributed by atoms with Crippen molar-refractivity contribution in [2.24, 2.45) is 35.5 Å². The Bertz CT molecular complexity index is 1780. The van der Waals surface area contributed by atoms with Gasteiger partial charge in [0.25, 0.3) is 0 Å². The summed E-state index contributed by atoms with van der Waals surface area (Å²) in [4.78, 5) is 105. The zero-order valence-electron chi connectivity index (χ0n) is 47.5. The van der Waals surface area contributed by atoms with Crippen LogP contribution in [0, 0.1) is 35.5 Å². The minimum atomic E-state index is -1.49. The zero-order valence-corrected chi connectivity index (χ0v) is 47.5. The van der Waals surface area contributed by atoms with Gasteiger partial charge in [-0.3, -0.25) is 38.4 Å². The first kappa shape index (κ1) is 64.8. The molecule has 0 bridgehead atoms. The molecule has 20 heteroatoms. The quantitative estimate of drug-likeness (QED) is 0.0257. The molecule has 4 saturated carbocycles. The predicted molar refractivity (Wildman–Crippen MR) is 286 cm³/mol. The third-order valence-corrected chi connectivity index (χ3v) is 16.8. The van der Waals surface area contributed by atoms with E-state index < -0.39 is 48.6 Å². The Morgan fingerprint density at radius 1 is 0.325 bits per heavy atom. The number of aliphatic hydroxyl groups excluding tert-OH is 2. The number of rotatable bonds is 39. The molecule has 2 saturated heterocycles. The molecule has 20 nitrogen and oxygen atoms in total. The van der Waals surface area contributed by atoms with Crippen molar-refractivity contribution in [2.75, 3.05) is 52.9 Å². The van der Waals surface area contributed by atoms with E-state index in [4.69, 9.17) is 47.4 Å². The number of unbranched alkanes of at least 4 members (excludes halogenated alkanes) is 8. The maximum atomic E-state index is 14.0. The first-order chi connectivity index (χ1) is 38.8. The van der Waals surface area contributed by atoms with E-state index in [0.717, 1.165) is 64.2 Å². The maximum absolute atomic E-state index is 14.0. The molecule has 8 unspecified atom stereocenters. The number of carbonyl (C=O) groups excluding carboxylic acids is 8. The average molecular weight is 1140 g/mol. The Morgan fingerprint density at radius 3 is 0.950 bits per heavy atom. The topological polar surface area (TPSA) is 276 Å². The number of esters is 8. The van der Waals surface area contributed by atoms with E-state index in [1.54, 1.807) is 0 Å². The Kier molecular flexibility index (Phi) is 29.3. The smallest absolute Gasteiger partial charge is 0.310 e. The first-order valence-corrected chi connectivity index (χ1v) is 30.7. The highest BCUT2D eigenvalue weighted by Crippen LogP contribution is 2.40. The van der Waals surface area contributed by atoms with E-state index in [1.807, 2.05) is 0 Å². The van der Waals surface area contributed by atoms with Gasteiger partial charge < -0.3 is 57.6 Å². The average Bonchev–Trinajstić information content (AvgIpc) is 4.41. The molecule has 2 heterocycles. The second-order valence-corrected chi connectivity index (χ2v) is 23.5. The van der Waals surface area contributed by atoms with Gasteiger partial charge in [-0.1, -0.05) is 0 Å². The number of hydrogen-bond donors (Lipinski definition) is 2. The normalized spacial score (nSPS) is 26.4. The van der Waals surface area contributed by atoms with Gasteiger partial charge in [0.15, 0.2) is 0 Å². The molecule has 0 radical (unpaired) electrons. The number of aliphatic hydroxyl groups is 2. The molecule has 2 aliphatic heterocycles. The standard InChI is InChI=1S/C60H94O20/c61-45-23-17-41(18-24-45)37-75-53(63)13-7-3-11-31-73-59(69)47(35-57(67)71-29-9-1-5-15-55(65)77-39-43-21-27-49-51(33-43)79-49)48(60(70)74-32-12-4-8-14-54(64)76-38-42-19-25-46(62)26-20-42)36-58(68)72-30-10-2-6-16-56(66)78-40-44-22-28-50-52(34-44)80-50/h41-52,61-62H,1-40H2. The highest BCUT2D eigenvalue weighted by Gasteiger charge is 2.45. The lowest BCUT2D eigenvalue weighted by atomic mass is 9.86. The van der Waals surface area contributed by atoms with E-state index in [9.17, 15) is 48.6 Å². The zero-order chi connectivity index (χ0) is 56.9. The summed E-state index contributed by atoms with van der Waals surface area (Å²) in [6.07, 6.45) is 17.9. The summed E-state index contributed by atoms with van der Waals surface area (Å²) < 4.78 is 55.5. The van der Waals surface area contributed by atoms with Crippen molar-refractivity contribution in [3.05, 3.63) is 0 Å². The molecular weight excluding hydrogens is 1040 g/mol. The van der Waals surface area contributed by atoms with Crippen LogP contribution < -0.4 is 0 Å². The van der Waals surface area contributed by atoms with Crippen LogP contribution in [0.1, 0.15) is 205 Å². The molecule has 6 fully saturated rings. The van der Waals surface area contributed by atoms with Gasteiger partial charge in [0.2, 0.25) is 0 Å². The first-order valence-electron chi connectivity index (χ1n) is 30.7. The summed E-state index contributed by atoms with van der Waals surface area (Å²) in [5.74, 6) is -6.52. The van der Waals surface area contributed by atoms with Crippen molar-refractivity contribution in [3.63, 3.8) is 0 Å². The highest BCUT2D eigenvalue weighted by atomic mass is 16.6. The summed E-state index contributed by atoms with van der Waals surface area (Å²) in [6.45, 7) is 1.18. The summed E-state index contributed by atoms with van der Waals surface area (Å²) in [5, 5.41) is 19.5. The molecule has 6 aliphatic rings. The Hall–Kier alpha value is -4.40. The summed E-state index contributed by atoms with van der Waals surface area (Å²) in [7, 11) is 0. The SMILES string of the molecule is O=C(CCCCCOC(=O)C(CC(=O)OCCCCCC(=O)OCC1CCC2OC2C1)C(CC(=O)OCCCCCC(=O)OCC1CCC2OC2C1)C(=O)OCCCCCC(=O)OCC1CCC(O)CC1)OCC1CCC(O)CC1. The molecule has 80 heavy (non-hydrogen) atoms. The molecule has 0 aromatic rings. The van der Waals surface area contributed by atoms with Crippen LogP contribution in [0.3, 0.4) is 0 Å². The molecule has 0 spiro atoms. The van der Waals surface area contributed by atoms with Crippen LogP contribution >= 0.6 is 0 Å². The minimum absolute atomic E-state index is 0.0175. The van der Waals surface area contributed by atoms with E-state index in [2.05, 4.69) is 0 Å². The van der Waals surface area contributed by atoms with Crippen molar-refractivity contribution in [3.8, 4) is 0 Å². The van der Waals surface area contributed by atoms with Crippen LogP contribution in [0.25, 0.3) is 0 Å². The largest absolute Gasteiger partial charge is 0.466 e. The van der Waals surface area contributed by atoms with E-state index in [-0.39, 0.29) is 100 Å². The van der Waals surface area contributed by atoms with Crippen LogP contribution in [0.5, 0.6) is 0 Å². The fraction of sp³-hybridized carbons (Fsp3) is 0.867. The Morgan fingerprint density at radius 2 is 0.625 bits per heavy atom. The predicted octanol–water partition coefficient (Wildman–Crippen LogP) is 7.82. The van der Waals surface area contributed by atoms with Gasteiger partial charge in [-0.25, -0.2) is 0 Å². The van der Waals surface area contributed by atoms with E-state index >= 15 is 0 Å². The number of epoxide rings is 2. The van der Waals surface area contributed by atoms with Crippen molar-refractivity contribution in [1.82, 2.24) is 0 Å². The van der Waals surface area contributed by atoms with Gasteiger partial charge in [-0.2, -0.15) is 0 Å². The lowest BCUT2D eigenvalue weighted by Crippen LogP contribution is -2.36. The molecule has 0 amide bonds. The third-order valence-electron chi connectivity index (χ3n) is 16.8. The molecular formula is C60H94O20. The fourth-order valence-electron chi connectivity index (χ4n) is 11.4. The van der Waals surface area contributed by atoms with Crippen LogP contribution in [-0.2, 0) is 85.7 Å². The molecule has 8 atom stereocenters. The van der Waals surface area contributed by atoms with Gasteiger partial charge in [-0.05, 0) is 191 Å². The number of ether oxygens (including phenoxy) is 10. The number of hydrogen-bond acceptors (Lipinski definition) is 20. The summed E-state index contributed by atoms with van der Waals surface area (Å²) in [6, 6.07) is 0. The lowest BCUT2D eigenvalue weighted by molar-refractivity contribution is -0.167. The number of fused-ring (bicyclic) bond motifs is 2. The molecule has 2 N–H and O–H groups in total. The third kappa shape index (κ3) is 26.2. The van der Waals surface area contributed by atoms with Crippen molar-refractivity contribution in [2.45, 2.75) is 242 Å². The van der Waals surface area contributed by atoms with Gasteiger partial charge in [0.05, 0.1) is 114 Å². The molecule has 0 aromatic carbocycles. The monoisotopic (exact) mass is 1130 g/mol. The lowest BCUT2D eigenvalue weighted by Gasteiger charge is -2.24. The van der Waals surface area contributed by atoms with Crippen LogP contribution in [-0.4, -0.2) is 147 Å². The fourth-order valence-corrected chi connectivity index (χ4v) is 11.4. The Labute approximate surface area is 472 Å². The van der Waals surface area contributed by atoms with Gasteiger partial charge in [0, 0.05) is 25.7 Å². The van der Waals surface area contributed by atoms with Crippen molar-refractivity contribution >= 4 is 47.8 Å². The summed E-state index contributed by atoms with van der Waals surface area (Å²) >= 11 is 0. The second-order valence-electron chi connectivity index (χ2n) is 23.5. The Balaban J connectivity index is 0.963. The molecule has 6 rings (SSSR count). The molecule has 454 valence electrons. The van der Waals surface area contributed by atoms with Gasteiger partial charge in [-0.15, -0.1) is 0 Å². The number of carbonyl (C=O) groups is 8. The van der Waals surface area contributed by atoms with Crippen LogP contribution in [0.4, 0.5) is 0 Å². The minimum Gasteiger partial charge on any atom is -0.466 e. The highest BCUT2D eigenvalue weighted by molar-refractivity contribution is 5.88. The molecule has 4 aliphatic carbocycles. The van der Waals surface area contributed by atoms with Crippen LogP contribution in [0.15, 0.2) is 0 Å². The van der Waals surface area contributed by atoms with E-state index in [1.165, 1.54) is 0 Å². The van der Waals surface area contributed by atoms with Crippen molar-refractivity contribution in [1.29, 1.82) is 0 Å². The second kappa shape index (κ2) is 36.2. The van der Waals surface area contributed by atoms with Gasteiger partial charge >= 0.3 is 47.8 Å². The maximum Gasteiger partial charge on any atom is 0.310 e. The van der Waals surface area contributed by atoms with Crippen LogP contribution in [0.2, 0.25) is 0 Å². The van der Waals surface area contributed by atoms with Crippen molar-refractivity contribution < 1.29 is 95.9 Å². The molecule has 0 aromatic heterocycles. The summed E-state index contributed by atoms with van der Waals surface area (Å²) in [5.41, 5.74) is 0.